The summed E-state index contributed by atoms with van der Waals surface area (Å²) in [5.74, 6) is 1.51. The fourth-order valence-electron chi connectivity index (χ4n) is 2.73. The van der Waals surface area contributed by atoms with Gasteiger partial charge in [-0.25, -0.2) is 0 Å². The van der Waals surface area contributed by atoms with Crippen molar-refractivity contribution in [3.63, 3.8) is 0 Å². The summed E-state index contributed by atoms with van der Waals surface area (Å²) in [7, 11) is 3.78. The zero-order chi connectivity index (χ0) is 13.0. The molecule has 3 heteroatoms. The normalized spacial score (nSPS) is 23.9. The lowest BCUT2D eigenvalue weighted by Crippen LogP contribution is -2.41. The highest BCUT2D eigenvalue weighted by atomic mass is 16.5. The van der Waals surface area contributed by atoms with Crippen LogP contribution in [0.25, 0.3) is 0 Å². The number of benzene rings is 1. The largest absolute Gasteiger partial charge is 0.496 e. The van der Waals surface area contributed by atoms with Crippen molar-refractivity contribution in [2.24, 2.45) is 5.92 Å². The summed E-state index contributed by atoms with van der Waals surface area (Å²) in [6, 6.07) is 6.92. The van der Waals surface area contributed by atoms with Gasteiger partial charge in [-0.2, -0.15) is 0 Å². The van der Waals surface area contributed by atoms with Gasteiger partial charge in [0.1, 0.15) is 5.75 Å². The van der Waals surface area contributed by atoms with Crippen LogP contribution in [0, 0.1) is 12.8 Å². The molecule has 0 amide bonds. The van der Waals surface area contributed by atoms with E-state index in [4.69, 9.17) is 9.47 Å². The Balaban J connectivity index is 2.14. The molecular formula is C15H23NO2. The number of nitrogens with one attached hydrogen (secondary N) is 1. The smallest absolute Gasteiger partial charge is 0.122 e. The van der Waals surface area contributed by atoms with Crippen molar-refractivity contribution in [3.8, 4) is 5.75 Å². The molecule has 0 aliphatic carbocycles. The quantitative estimate of drug-likeness (QED) is 0.887. The highest BCUT2D eigenvalue weighted by Gasteiger charge is 2.25. The minimum atomic E-state index is 0.527. The van der Waals surface area contributed by atoms with Crippen LogP contribution >= 0.6 is 0 Å². The van der Waals surface area contributed by atoms with E-state index < -0.39 is 0 Å². The van der Waals surface area contributed by atoms with Gasteiger partial charge >= 0.3 is 0 Å². The topological polar surface area (TPSA) is 30.5 Å². The van der Waals surface area contributed by atoms with Crippen molar-refractivity contribution in [2.75, 3.05) is 27.4 Å². The third-order valence-electron chi connectivity index (χ3n) is 3.76. The van der Waals surface area contributed by atoms with Gasteiger partial charge in [-0.05, 0) is 38.4 Å². The lowest BCUT2D eigenvalue weighted by Gasteiger charge is -2.31. The molecule has 1 N–H and O–H groups in total. The Morgan fingerprint density at radius 1 is 1.44 bits per heavy atom. The summed E-state index contributed by atoms with van der Waals surface area (Å²) in [5, 5.41) is 3.41. The molecule has 18 heavy (non-hydrogen) atoms. The van der Waals surface area contributed by atoms with Crippen LogP contribution in [0.15, 0.2) is 18.2 Å². The molecule has 1 aliphatic rings. The predicted molar refractivity (Wildman–Crippen MR) is 73.2 cm³/mol. The average molecular weight is 249 g/mol. The van der Waals surface area contributed by atoms with Crippen LogP contribution in [0.1, 0.15) is 17.5 Å². The molecule has 1 fully saturated rings. The van der Waals surface area contributed by atoms with Gasteiger partial charge in [-0.3, -0.25) is 0 Å². The molecule has 0 radical (unpaired) electrons. The molecule has 2 unspecified atom stereocenters. The zero-order valence-corrected chi connectivity index (χ0v) is 11.5. The van der Waals surface area contributed by atoms with Gasteiger partial charge in [-0.15, -0.1) is 0 Å². The molecule has 100 valence electrons. The minimum absolute atomic E-state index is 0.527. The first kappa shape index (κ1) is 13.4. The molecule has 0 saturated carbocycles. The molecule has 1 heterocycles. The highest BCUT2D eigenvalue weighted by Crippen LogP contribution is 2.26. The van der Waals surface area contributed by atoms with Crippen molar-refractivity contribution in [1.82, 2.24) is 5.32 Å². The Morgan fingerprint density at radius 2 is 2.28 bits per heavy atom. The van der Waals surface area contributed by atoms with Gasteiger partial charge in [0.05, 0.1) is 13.7 Å². The molecule has 0 bridgehead atoms. The van der Waals surface area contributed by atoms with Crippen molar-refractivity contribution < 1.29 is 9.47 Å². The first-order valence-electron chi connectivity index (χ1n) is 6.63. The fraction of sp³-hybridized carbons (Fsp3) is 0.600. The maximum absolute atomic E-state index is 5.61. The number of hydrogen-bond acceptors (Lipinski definition) is 3. The van der Waals surface area contributed by atoms with Gasteiger partial charge < -0.3 is 14.8 Å². The van der Waals surface area contributed by atoms with Gasteiger partial charge in [0.2, 0.25) is 0 Å². The second-order valence-corrected chi connectivity index (χ2v) is 5.04. The van der Waals surface area contributed by atoms with Crippen LogP contribution in [-0.2, 0) is 11.2 Å². The maximum atomic E-state index is 5.61. The van der Waals surface area contributed by atoms with E-state index in [2.05, 4.69) is 30.4 Å². The Morgan fingerprint density at radius 3 is 3.00 bits per heavy atom. The van der Waals surface area contributed by atoms with Crippen LogP contribution < -0.4 is 10.1 Å². The summed E-state index contributed by atoms with van der Waals surface area (Å²) in [6.45, 7) is 3.82. The van der Waals surface area contributed by atoms with Crippen LogP contribution in [0.2, 0.25) is 0 Å². The summed E-state index contributed by atoms with van der Waals surface area (Å²) in [5.41, 5.74) is 2.57. The van der Waals surface area contributed by atoms with Gasteiger partial charge in [0.25, 0.3) is 0 Å². The van der Waals surface area contributed by atoms with Crippen molar-refractivity contribution in [2.45, 2.75) is 25.8 Å². The van der Waals surface area contributed by atoms with Crippen molar-refractivity contribution in [3.05, 3.63) is 29.3 Å². The zero-order valence-electron chi connectivity index (χ0n) is 11.5. The standard InChI is InChI=1S/C15H23NO2/c1-11-4-5-15(17-3)12(8-11)9-13-10-18-7-6-14(13)16-2/h4-5,8,13-14,16H,6-7,9-10H2,1-3H3. The first-order chi connectivity index (χ1) is 8.74. The molecule has 3 nitrogen and oxygen atoms in total. The van der Waals surface area contributed by atoms with Crippen LogP contribution in [0.3, 0.4) is 0 Å². The highest BCUT2D eigenvalue weighted by molar-refractivity contribution is 5.37. The Labute approximate surface area is 109 Å². The minimum Gasteiger partial charge on any atom is -0.496 e. The second kappa shape index (κ2) is 6.21. The van der Waals surface area contributed by atoms with Crippen LogP contribution in [0.5, 0.6) is 5.75 Å². The van der Waals surface area contributed by atoms with Crippen LogP contribution in [0.4, 0.5) is 0 Å². The predicted octanol–water partition coefficient (Wildman–Crippen LogP) is 2.17. The Kier molecular flexibility index (Phi) is 4.61. The molecule has 1 aliphatic heterocycles. The number of ether oxygens (including phenoxy) is 2. The number of aryl methyl sites for hydroxylation is 1. The molecule has 2 atom stereocenters. The number of rotatable bonds is 4. The fourth-order valence-corrected chi connectivity index (χ4v) is 2.73. The summed E-state index contributed by atoms with van der Waals surface area (Å²) in [6.07, 6.45) is 2.10. The van der Waals surface area contributed by atoms with E-state index in [0.717, 1.165) is 31.8 Å². The third kappa shape index (κ3) is 3.03. The SMILES string of the molecule is CNC1CCOCC1Cc1cc(C)ccc1OC. The van der Waals surface area contributed by atoms with E-state index in [9.17, 15) is 0 Å². The van der Waals surface area contributed by atoms with Crippen molar-refractivity contribution >= 4 is 0 Å². The van der Waals surface area contributed by atoms with E-state index in [0.29, 0.717) is 12.0 Å². The molecule has 2 rings (SSSR count). The van der Waals surface area contributed by atoms with Gasteiger partial charge in [0, 0.05) is 18.6 Å². The molecule has 0 spiro atoms. The van der Waals surface area contributed by atoms with E-state index in [1.807, 2.05) is 7.05 Å². The average Bonchev–Trinajstić information content (AvgIpc) is 2.40. The Bertz CT molecular complexity index is 392. The van der Waals surface area contributed by atoms with E-state index in [-0.39, 0.29) is 0 Å². The van der Waals surface area contributed by atoms with E-state index >= 15 is 0 Å². The van der Waals surface area contributed by atoms with Crippen molar-refractivity contribution in [1.29, 1.82) is 0 Å². The lowest BCUT2D eigenvalue weighted by atomic mass is 9.89. The summed E-state index contributed by atoms with van der Waals surface area (Å²) < 4.78 is 11.1. The molecular weight excluding hydrogens is 226 g/mol. The summed E-state index contributed by atoms with van der Waals surface area (Å²) >= 11 is 0. The maximum Gasteiger partial charge on any atom is 0.122 e. The molecule has 1 saturated heterocycles. The number of hydrogen-bond donors (Lipinski definition) is 1. The van der Waals surface area contributed by atoms with Gasteiger partial charge in [0.15, 0.2) is 0 Å². The second-order valence-electron chi connectivity index (χ2n) is 5.04. The van der Waals surface area contributed by atoms with E-state index in [1.54, 1.807) is 7.11 Å². The van der Waals surface area contributed by atoms with Crippen LogP contribution in [-0.4, -0.2) is 33.4 Å². The molecule has 1 aromatic rings. The monoisotopic (exact) mass is 249 g/mol. The summed E-state index contributed by atoms with van der Waals surface area (Å²) in [4.78, 5) is 0. The van der Waals surface area contributed by atoms with Gasteiger partial charge in [-0.1, -0.05) is 17.7 Å². The van der Waals surface area contributed by atoms with E-state index in [1.165, 1.54) is 11.1 Å². The first-order valence-corrected chi connectivity index (χ1v) is 6.63. The molecule has 0 aromatic heterocycles. The lowest BCUT2D eigenvalue weighted by molar-refractivity contribution is 0.0340. The third-order valence-corrected chi connectivity index (χ3v) is 3.76. The Hall–Kier alpha value is -1.06. The molecule has 1 aromatic carbocycles. The number of methoxy groups -OCH3 is 1.